The molecule has 0 radical (unpaired) electrons. The van der Waals surface area contributed by atoms with Gasteiger partial charge >= 0.3 is 0 Å². The smallest absolute Gasteiger partial charge is 0.190 e. The molecule has 1 fully saturated rings. The van der Waals surface area contributed by atoms with Crippen LogP contribution in [0.5, 0.6) is 0 Å². The van der Waals surface area contributed by atoms with Crippen molar-refractivity contribution in [2.75, 3.05) is 12.8 Å². The van der Waals surface area contributed by atoms with E-state index in [4.69, 9.17) is 0 Å². The van der Waals surface area contributed by atoms with Gasteiger partial charge in [0.1, 0.15) is 0 Å². The predicted molar refractivity (Wildman–Crippen MR) is 57.5 cm³/mol. The second kappa shape index (κ2) is 4.31. The Labute approximate surface area is 88.5 Å². The Bertz CT molecular complexity index is 304. The molecule has 1 aliphatic heterocycles. The average molecular weight is 212 g/mol. The van der Waals surface area contributed by atoms with Gasteiger partial charge in [-0.25, -0.2) is 0 Å². The molecular weight excluding hydrogens is 196 g/mol. The van der Waals surface area contributed by atoms with E-state index in [1.807, 2.05) is 6.26 Å². The Morgan fingerprint density at radius 3 is 3.00 bits per heavy atom. The van der Waals surface area contributed by atoms with Crippen LogP contribution in [0.3, 0.4) is 0 Å². The van der Waals surface area contributed by atoms with E-state index in [-0.39, 0.29) is 0 Å². The third-order valence-electron chi connectivity index (χ3n) is 2.62. The lowest BCUT2D eigenvalue weighted by atomic mass is 10.2. The fourth-order valence-electron chi connectivity index (χ4n) is 1.91. The molecule has 1 saturated heterocycles. The van der Waals surface area contributed by atoms with E-state index < -0.39 is 0 Å². The topological polar surface area (TPSA) is 42.7 Å². The number of hydrogen-bond donors (Lipinski definition) is 1. The maximum absolute atomic E-state index is 4.27. The summed E-state index contributed by atoms with van der Waals surface area (Å²) in [5.41, 5.74) is 0. The first kappa shape index (κ1) is 9.98. The summed E-state index contributed by atoms with van der Waals surface area (Å²) in [4.78, 5) is 0. The first-order valence-corrected chi connectivity index (χ1v) is 6.29. The van der Waals surface area contributed by atoms with Crippen molar-refractivity contribution < 1.29 is 0 Å². The maximum atomic E-state index is 4.27. The molecule has 1 N–H and O–H groups in total. The van der Waals surface area contributed by atoms with Crippen LogP contribution in [0.15, 0.2) is 5.16 Å². The molecule has 78 valence electrons. The number of rotatable bonds is 3. The molecule has 0 amide bonds. The van der Waals surface area contributed by atoms with Gasteiger partial charge in [-0.2, -0.15) is 0 Å². The average Bonchev–Trinajstić information content (AvgIpc) is 2.85. The summed E-state index contributed by atoms with van der Waals surface area (Å²) in [5.74, 6) is 1.11. The molecule has 2 rings (SSSR count). The predicted octanol–water partition coefficient (Wildman–Crippen LogP) is 1.44. The Morgan fingerprint density at radius 1 is 1.57 bits per heavy atom. The molecule has 1 aromatic rings. The van der Waals surface area contributed by atoms with Crippen molar-refractivity contribution >= 4 is 11.8 Å². The number of aromatic nitrogens is 3. The van der Waals surface area contributed by atoms with Crippen LogP contribution in [0.1, 0.15) is 31.6 Å². The van der Waals surface area contributed by atoms with E-state index in [0.717, 1.165) is 24.1 Å². The third-order valence-corrected chi connectivity index (χ3v) is 3.28. The van der Waals surface area contributed by atoms with Gasteiger partial charge in [0.05, 0.1) is 6.04 Å². The van der Waals surface area contributed by atoms with Crippen LogP contribution in [-0.2, 0) is 6.54 Å². The van der Waals surface area contributed by atoms with Crippen LogP contribution in [-0.4, -0.2) is 27.6 Å². The molecule has 0 spiro atoms. The summed E-state index contributed by atoms with van der Waals surface area (Å²) in [7, 11) is 0. The summed E-state index contributed by atoms with van der Waals surface area (Å²) in [5, 5.41) is 12.9. The first-order chi connectivity index (χ1) is 6.86. The molecule has 0 bridgehead atoms. The van der Waals surface area contributed by atoms with Gasteiger partial charge in [-0.15, -0.1) is 10.2 Å². The van der Waals surface area contributed by atoms with Crippen LogP contribution in [0.25, 0.3) is 0 Å². The zero-order valence-corrected chi connectivity index (χ0v) is 9.47. The normalized spacial score (nSPS) is 21.7. The molecule has 1 aromatic heterocycles. The quantitative estimate of drug-likeness (QED) is 0.770. The lowest BCUT2D eigenvalue weighted by Gasteiger charge is -2.11. The standard InChI is InChI=1S/C9H16N4S/c1-3-13-8(7-5-4-6-10-7)11-12-9(13)14-2/h7,10H,3-6H2,1-2H3. The molecule has 14 heavy (non-hydrogen) atoms. The number of nitrogens with zero attached hydrogens (tertiary/aromatic N) is 3. The number of thioether (sulfide) groups is 1. The highest BCUT2D eigenvalue weighted by Crippen LogP contribution is 2.24. The summed E-state index contributed by atoms with van der Waals surface area (Å²) < 4.78 is 2.20. The summed E-state index contributed by atoms with van der Waals surface area (Å²) in [6.45, 7) is 4.20. The molecule has 0 saturated carbocycles. The van der Waals surface area contributed by atoms with Gasteiger partial charge in [0.25, 0.3) is 0 Å². The van der Waals surface area contributed by atoms with Gasteiger partial charge in [0, 0.05) is 6.54 Å². The van der Waals surface area contributed by atoms with Crippen molar-refractivity contribution in [1.29, 1.82) is 0 Å². The largest absolute Gasteiger partial charge is 0.307 e. The summed E-state index contributed by atoms with van der Waals surface area (Å²) >= 11 is 1.66. The van der Waals surface area contributed by atoms with E-state index >= 15 is 0 Å². The Morgan fingerprint density at radius 2 is 2.43 bits per heavy atom. The first-order valence-electron chi connectivity index (χ1n) is 5.07. The van der Waals surface area contributed by atoms with Crippen LogP contribution in [0.2, 0.25) is 0 Å². The van der Waals surface area contributed by atoms with Gasteiger partial charge in [-0.3, -0.25) is 0 Å². The highest BCUT2D eigenvalue weighted by atomic mass is 32.2. The third kappa shape index (κ3) is 1.66. The Balaban J connectivity index is 2.27. The van der Waals surface area contributed by atoms with Gasteiger partial charge in [-0.1, -0.05) is 11.8 Å². The van der Waals surface area contributed by atoms with Crippen LogP contribution in [0, 0.1) is 0 Å². The van der Waals surface area contributed by atoms with E-state index in [1.165, 1.54) is 12.8 Å². The van der Waals surface area contributed by atoms with Crippen LogP contribution >= 0.6 is 11.8 Å². The Kier molecular flexibility index (Phi) is 3.08. The zero-order chi connectivity index (χ0) is 9.97. The molecule has 1 unspecified atom stereocenters. The fourth-order valence-corrected chi connectivity index (χ4v) is 2.48. The SMILES string of the molecule is CCn1c(SC)nnc1C1CCCN1. The lowest BCUT2D eigenvalue weighted by Crippen LogP contribution is -2.18. The van der Waals surface area contributed by atoms with E-state index in [1.54, 1.807) is 11.8 Å². The van der Waals surface area contributed by atoms with Crippen molar-refractivity contribution in [3.63, 3.8) is 0 Å². The molecule has 5 heteroatoms. The lowest BCUT2D eigenvalue weighted by molar-refractivity contribution is 0.542. The van der Waals surface area contributed by atoms with Gasteiger partial charge < -0.3 is 9.88 Å². The van der Waals surface area contributed by atoms with Gasteiger partial charge in [0.2, 0.25) is 0 Å². The monoisotopic (exact) mass is 212 g/mol. The van der Waals surface area contributed by atoms with Gasteiger partial charge in [0.15, 0.2) is 11.0 Å². The van der Waals surface area contributed by atoms with Crippen molar-refractivity contribution in [3.05, 3.63) is 5.82 Å². The number of hydrogen-bond acceptors (Lipinski definition) is 4. The van der Waals surface area contributed by atoms with Crippen molar-refractivity contribution in [1.82, 2.24) is 20.1 Å². The number of nitrogens with one attached hydrogen (secondary N) is 1. The highest BCUT2D eigenvalue weighted by molar-refractivity contribution is 7.98. The minimum absolute atomic E-state index is 0.420. The molecule has 2 heterocycles. The van der Waals surface area contributed by atoms with Crippen molar-refractivity contribution in [2.24, 2.45) is 0 Å². The molecular formula is C9H16N4S. The maximum Gasteiger partial charge on any atom is 0.190 e. The van der Waals surface area contributed by atoms with E-state index in [9.17, 15) is 0 Å². The van der Waals surface area contributed by atoms with Crippen molar-refractivity contribution in [3.8, 4) is 0 Å². The molecule has 0 aromatic carbocycles. The molecule has 1 atom stereocenters. The zero-order valence-electron chi connectivity index (χ0n) is 8.66. The fraction of sp³-hybridized carbons (Fsp3) is 0.778. The molecule has 0 aliphatic carbocycles. The minimum atomic E-state index is 0.420. The van der Waals surface area contributed by atoms with Crippen LogP contribution < -0.4 is 5.32 Å². The van der Waals surface area contributed by atoms with Crippen molar-refractivity contribution in [2.45, 2.75) is 37.5 Å². The minimum Gasteiger partial charge on any atom is -0.307 e. The van der Waals surface area contributed by atoms with Crippen LogP contribution in [0.4, 0.5) is 0 Å². The highest BCUT2D eigenvalue weighted by Gasteiger charge is 2.22. The second-order valence-electron chi connectivity index (χ2n) is 3.44. The summed E-state index contributed by atoms with van der Waals surface area (Å²) in [6.07, 6.45) is 4.48. The molecule has 1 aliphatic rings. The van der Waals surface area contributed by atoms with E-state index in [2.05, 4.69) is 27.0 Å². The Hall–Kier alpha value is -0.550. The van der Waals surface area contributed by atoms with Gasteiger partial charge in [-0.05, 0) is 32.6 Å². The summed E-state index contributed by atoms with van der Waals surface area (Å²) in [6, 6.07) is 0.420. The molecule has 4 nitrogen and oxygen atoms in total. The van der Waals surface area contributed by atoms with E-state index in [0.29, 0.717) is 6.04 Å². The second-order valence-corrected chi connectivity index (χ2v) is 4.21.